The van der Waals surface area contributed by atoms with Crippen molar-refractivity contribution in [1.29, 1.82) is 0 Å². The molecule has 0 radical (unpaired) electrons. The number of rotatable bonds is 8. The Morgan fingerprint density at radius 3 is 2.22 bits per heavy atom. The van der Waals surface area contributed by atoms with Gasteiger partial charge in [0, 0.05) is 35.7 Å². The minimum Gasteiger partial charge on any atom is -0.457 e. The first-order valence-electron chi connectivity index (χ1n) is 16.1. The third-order valence-corrected chi connectivity index (χ3v) is 9.30. The Balaban J connectivity index is 1.03. The molecule has 1 aromatic heterocycles. The van der Waals surface area contributed by atoms with Crippen LogP contribution >= 0.6 is 0 Å². The zero-order valence-corrected chi connectivity index (χ0v) is 26.4. The number of nitrogens with zero attached hydrogens (tertiary/aromatic N) is 3. The Bertz CT molecular complexity index is 1990. The molecule has 5 amide bonds. The number of nitrogens with two attached hydrogens (primary N) is 1. The summed E-state index contributed by atoms with van der Waals surface area (Å²) in [6, 6.07) is 21.6. The molecule has 0 saturated carbocycles. The number of aromatic nitrogens is 1. The number of para-hydroxylation sites is 1. The normalized spacial score (nSPS) is 18.4. The first-order chi connectivity index (χ1) is 23.7. The van der Waals surface area contributed by atoms with Gasteiger partial charge in [0.25, 0.3) is 17.7 Å². The number of ether oxygens (including phenoxy) is 1. The van der Waals surface area contributed by atoms with Gasteiger partial charge in [0.2, 0.25) is 11.8 Å². The van der Waals surface area contributed by atoms with Gasteiger partial charge in [-0.15, -0.1) is 0 Å². The van der Waals surface area contributed by atoms with Gasteiger partial charge in [-0.2, -0.15) is 0 Å². The van der Waals surface area contributed by atoms with Crippen LogP contribution in [0.3, 0.4) is 0 Å². The number of benzene rings is 3. The summed E-state index contributed by atoms with van der Waals surface area (Å²) >= 11 is 0. The van der Waals surface area contributed by atoms with Crippen molar-refractivity contribution in [3.05, 3.63) is 113 Å². The van der Waals surface area contributed by atoms with E-state index in [0.717, 1.165) is 35.1 Å². The molecule has 2 fully saturated rings. The summed E-state index contributed by atoms with van der Waals surface area (Å²) in [5, 5.41) is 2.16. The highest BCUT2D eigenvalue weighted by atomic mass is 19.1. The molecule has 4 aromatic rings. The lowest BCUT2D eigenvalue weighted by molar-refractivity contribution is -0.136. The molecule has 11 nitrogen and oxygen atoms in total. The van der Waals surface area contributed by atoms with E-state index in [-0.39, 0.29) is 42.0 Å². The molecule has 0 bridgehead atoms. The minimum absolute atomic E-state index is 0.00319. The van der Waals surface area contributed by atoms with Crippen LogP contribution in [0.2, 0.25) is 0 Å². The van der Waals surface area contributed by atoms with Gasteiger partial charge in [-0.05, 0) is 93.0 Å². The summed E-state index contributed by atoms with van der Waals surface area (Å²) in [5.41, 5.74) is 8.30. The van der Waals surface area contributed by atoms with Crippen molar-refractivity contribution < 1.29 is 33.1 Å². The predicted octanol–water partition coefficient (Wildman–Crippen LogP) is 4.56. The average Bonchev–Trinajstić information content (AvgIpc) is 3.33. The number of fused-ring (bicyclic) bond motifs is 1. The van der Waals surface area contributed by atoms with Gasteiger partial charge in [-0.1, -0.05) is 18.2 Å². The fourth-order valence-electron chi connectivity index (χ4n) is 6.71. The van der Waals surface area contributed by atoms with Crippen LogP contribution in [0.25, 0.3) is 11.3 Å². The van der Waals surface area contributed by atoms with Crippen molar-refractivity contribution >= 4 is 29.5 Å². The smallest absolute Gasteiger partial charge is 0.262 e. The number of hydrogen-bond acceptors (Lipinski definition) is 8. The van der Waals surface area contributed by atoms with Gasteiger partial charge < -0.3 is 10.5 Å². The lowest BCUT2D eigenvalue weighted by Crippen LogP contribution is -2.54. The number of carbonyl (C=O) groups is 5. The van der Waals surface area contributed by atoms with E-state index in [0.29, 0.717) is 35.8 Å². The molecule has 1 atom stereocenters. The summed E-state index contributed by atoms with van der Waals surface area (Å²) in [5.74, 6) is -2.35. The number of amides is 5. The number of likely N-dealkylation sites (tertiary alicyclic amines) is 1. The molecule has 7 rings (SSSR count). The lowest BCUT2D eigenvalue weighted by atomic mass is 9.91. The molecular formula is C37H32FN5O6. The maximum Gasteiger partial charge on any atom is 0.262 e. The number of hydrogen-bond donors (Lipinski definition) is 2. The summed E-state index contributed by atoms with van der Waals surface area (Å²) in [7, 11) is 0. The average molecular weight is 662 g/mol. The number of halogens is 1. The van der Waals surface area contributed by atoms with E-state index in [2.05, 4.69) is 10.2 Å². The Labute approximate surface area is 280 Å². The highest BCUT2D eigenvalue weighted by molar-refractivity contribution is 6.23. The second-order valence-electron chi connectivity index (χ2n) is 12.4. The van der Waals surface area contributed by atoms with E-state index in [1.165, 1.54) is 6.07 Å². The number of pyridine rings is 1. The van der Waals surface area contributed by atoms with Crippen molar-refractivity contribution in [3.63, 3.8) is 0 Å². The topological polar surface area (TPSA) is 152 Å². The van der Waals surface area contributed by atoms with Crippen LogP contribution in [-0.4, -0.2) is 63.5 Å². The molecule has 2 saturated heterocycles. The van der Waals surface area contributed by atoms with E-state index in [1.807, 2.05) is 60.7 Å². The predicted molar refractivity (Wildman–Crippen MR) is 175 cm³/mol. The zero-order valence-electron chi connectivity index (χ0n) is 26.4. The molecular weight excluding hydrogens is 629 g/mol. The number of carbonyl (C=O) groups excluding carboxylic acids is 5. The van der Waals surface area contributed by atoms with Crippen LogP contribution in [0, 0.1) is 5.82 Å². The van der Waals surface area contributed by atoms with Crippen molar-refractivity contribution in [3.8, 4) is 22.8 Å². The molecule has 12 heteroatoms. The van der Waals surface area contributed by atoms with Gasteiger partial charge in [0.15, 0.2) is 0 Å². The van der Waals surface area contributed by atoms with Crippen molar-refractivity contribution in [2.24, 2.45) is 5.73 Å². The lowest BCUT2D eigenvalue weighted by Gasteiger charge is -2.32. The van der Waals surface area contributed by atoms with Gasteiger partial charge in [-0.25, -0.2) is 4.39 Å². The van der Waals surface area contributed by atoms with Crippen LogP contribution in [0.15, 0.2) is 78.9 Å². The fraction of sp³-hybridized carbons (Fsp3) is 0.243. The number of piperidine rings is 2. The molecule has 49 heavy (non-hydrogen) atoms. The molecule has 4 heterocycles. The summed E-state index contributed by atoms with van der Waals surface area (Å²) in [6.45, 7) is 1.47. The number of primary amides is 1. The van der Waals surface area contributed by atoms with E-state index in [9.17, 15) is 24.0 Å². The molecule has 0 aliphatic carbocycles. The van der Waals surface area contributed by atoms with Gasteiger partial charge in [-0.3, -0.25) is 44.1 Å². The minimum atomic E-state index is -1.12. The van der Waals surface area contributed by atoms with Crippen LogP contribution in [0.4, 0.5) is 4.39 Å². The van der Waals surface area contributed by atoms with Crippen molar-refractivity contribution in [2.75, 3.05) is 13.1 Å². The van der Waals surface area contributed by atoms with Crippen LogP contribution in [-0.2, 0) is 16.1 Å². The van der Waals surface area contributed by atoms with Crippen LogP contribution in [0.1, 0.15) is 73.9 Å². The van der Waals surface area contributed by atoms with E-state index >= 15 is 4.39 Å². The maximum absolute atomic E-state index is 15.3. The monoisotopic (exact) mass is 661 g/mol. The number of nitrogens with one attached hydrogen (secondary N) is 1. The third kappa shape index (κ3) is 6.30. The molecule has 0 spiro atoms. The molecule has 3 aromatic carbocycles. The molecule has 3 aliphatic rings. The first-order valence-corrected chi connectivity index (χ1v) is 16.1. The highest BCUT2D eigenvalue weighted by Gasteiger charge is 2.45. The molecule has 248 valence electrons. The molecule has 1 unspecified atom stereocenters. The number of imide groups is 2. The molecule has 3 N–H and O–H groups in total. The van der Waals surface area contributed by atoms with Gasteiger partial charge in [0.1, 0.15) is 23.4 Å². The van der Waals surface area contributed by atoms with E-state index < -0.39 is 41.4 Å². The maximum atomic E-state index is 15.3. The fourth-order valence-corrected chi connectivity index (χ4v) is 6.71. The Hall–Kier alpha value is -5.75. The standard InChI is InChI=1S/C37H32FN5O6/c38-29-19-28-27(36(47)43(37(28)48)31-12-13-32(44)41-35(31)46)18-23(29)20-42-16-14-21(15-17-42)30-11-10-26(34(39)45)33(40-30)22-6-8-25(9-7-22)49-24-4-2-1-3-5-24/h1-11,18-19,21,31H,12-17,20H2,(H2,39,45)(H,41,44,46). The Morgan fingerprint density at radius 1 is 0.878 bits per heavy atom. The SMILES string of the molecule is NC(=O)c1ccc(C2CCN(Cc3cc4c(cc3F)C(=O)N(C3CCC(=O)NC3=O)C4=O)CC2)nc1-c1ccc(Oc2ccccc2)cc1. The largest absolute Gasteiger partial charge is 0.457 e. The Kier molecular flexibility index (Phi) is 8.47. The summed E-state index contributed by atoms with van der Waals surface area (Å²) < 4.78 is 21.2. The Morgan fingerprint density at radius 2 is 1.55 bits per heavy atom. The van der Waals surface area contributed by atoms with Crippen molar-refractivity contribution in [1.82, 2.24) is 20.1 Å². The van der Waals surface area contributed by atoms with Crippen LogP contribution < -0.4 is 15.8 Å². The highest BCUT2D eigenvalue weighted by Crippen LogP contribution is 2.34. The van der Waals surface area contributed by atoms with Gasteiger partial charge in [0.05, 0.1) is 22.4 Å². The second-order valence-corrected chi connectivity index (χ2v) is 12.4. The van der Waals surface area contributed by atoms with E-state index in [4.69, 9.17) is 15.5 Å². The third-order valence-electron chi connectivity index (χ3n) is 9.30. The van der Waals surface area contributed by atoms with Crippen LogP contribution in [0.5, 0.6) is 11.5 Å². The molecule has 3 aliphatic heterocycles. The van der Waals surface area contributed by atoms with Crippen molar-refractivity contribution in [2.45, 2.75) is 44.2 Å². The van der Waals surface area contributed by atoms with Gasteiger partial charge >= 0.3 is 0 Å². The van der Waals surface area contributed by atoms with E-state index in [1.54, 1.807) is 6.07 Å². The first kappa shape index (κ1) is 31.8. The summed E-state index contributed by atoms with van der Waals surface area (Å²) in [4.78, 5) is 70.3. The zero-order chi connectivity index (χ0) is 34.2. The quantitative estimate of drug-likeness (QED) is 0.261. The second kappa shape index (κ2) is 13.0. The summed E-state index contributed by atoms with van der Waals surface area (Å²) in [6.07, 6.45) is 1.47.